The fourth-order valence-electron chi connectivity index (χ4n) is 4.40. The first-order chi connectivity index (χ1) is 16.6. The molecule has 0 bridgehead atoms. The number of H-pyrrole nitrogens is 2. The molecule has 3 heterocycles. The molecule has 1 aliphatic rings. The molecule has 0 aliphatic heterocycles. The van der Waals surface area contributed by atoms with Crippen LogP contribution >= 0.6 is 0 Å². The number of nitrogens with one attached hydrogen (secondary N) is 4. The van der Waals surface area contributed by atoms with Crippen molar-refractivity contribution in [1.29, 1.82) is 0 Å². The first-order valence-corrected chi connectivity index (χ1v) is 12.0. The van der Waals surface area contributed by atoms with Crippen molar-refractivity contribution in [2.75, 3.05) is 17.2 Å². The summed E-state index contributed by atoms with van der Waals surface area (Å²) in [4.78, 5) is 15.7. The van der Waals surface area contributed by atoms with E-state index >= 15 is 0 Å². The Balaban J connectivity index is 1.24. The number of aromatic amines is 2. The predicted octanol–water partition coefficient (Wildman–Crippen LogP) is 3.81. The molecule has 4 aromatic rings. The lowest BCUT2D eigenvalue weighted by atomic mass is 9.93. The number of aromatic nitrogens is 5. The van der Waals surface area contributed by atoms with Crippen LogP contribution in [0.25, 0.3) is 11.2 Å². The van der Waals surface area contributed by atoms with Gasteiger partial charge in [-0.2, -0.15) is 4.98 Å². The molecule has 1 aliphatic carbocycles. The average molecular weight is 463 g/mol. The van der Waals surface area contributed by atoms with Crippen molar-refractivity contribution >= 4 is 28.6 Å². The number of nitrogens with zero attached hydrogens (tertiary/aromatic N) is 3. The number of aliphatic hydroxyl groups is 1. The first-order valence-electron chi connectivity index (χ1n) is 12.0. The molecular formula is C25H32N7O2+. The Kier molecular flexibility index (Phi) is 6.62. The minimum atomic E-state index is -0.186. The van der Waals surface area contributed by atoms with E-state index in [-0.39, 0.29) is 12.1 Å². The maximum atomic E-state index is 9.80. The molecule has 1 aromatic carbocycles. The minimum Gasteiger partial charge on any atom is -0.494 e. The van der Waals surface area contributed by atoms with Gasteiger partial charge in [-0.05, 0) is 74.9 Å². The molecule has 3 aromatic heterocycles. The van der Waals surface area contributed by atoms with Crippen LogP contribution in [-0.4, -0.2) is 43.4 Å². The number of anilines is 3. The van der Waals surface area contributed by atoms with Gasteiger partial charge in [0.1, 0.15) is 5.75 Å². The number of fused-ring (bicyclic) bond motifs is 1. The van der Waals surface area contributed by atoms with E-state index in [1.54, 1.807) is 6.33 Å². The Hall–Kier alpha value is -3.59. The lowest BCUT2D eigenvalue weighted by molar-refractivity contribution is -0.347. The summed E-state index contributed by atoms with van der Waals surface area (Å²) in [5, 5.41) is 16.7. The van der Waals surface area contributed by atoms with Crippen LogP contribution in [0, 0.1) is 6.92 Å². The van der Waals surface area contributed by atoms with Gasteiger partial charge in [-0.1, -0.05) is 4.98 Å². The lowest BCUT2D eigenvalue weighted by Crippen LogP contribution is -2.28. The summed E-state index contributed by atoms with van der Waals surface area (Å²) in [7, 11) is 0. The Morgan fingerprint density at radius 3 is 2.79 bits per heavy atom. The van der Waals surface area contributed by atoms with E-state index < -0.39 is 0 Å². The Morgan fingerprint density at radius 1 is 1.18 bits per heavy atom. The zero-order valence-electron chi connectivity index (χ0n) is 19.4. The fourth-order valence-corrected chi connectivity index (χ4v) is 4.40. The Bertz CT molecular complexity index is 1210. The van der Waals surface area contributed by atoms with Gasteiger partial charge in [-0.3, -0.25) is 4.98 Å². The van der Waals surface area contributed by atoms with Crippen LogP contribution in [-0.2, 0) is 6.54 Å². The number of aryl methyl sites for hydroxylation is 2. The lowest BCUT2D eigenvalue weighted by Gasteiger charge is -2.26. The molecule has 0 radical (unpaired) electrons. The largest absolute Gasteiger partial charge is 0.494 e. The maximum absolute atomic E-state index is 9.80. The zero-order chi connectivity index (χ0) is 23.3. The van der Waals surface area contributed by atoms with Crippen molar-refractivity contribution in [3.05, 3.63) is 54.6 Å². The Labute approximate surface area is 198 Å². The summed E-state index contributed by atoms with van der Waals surface area (Å²) in [5.74, 6) is 2.13. The van der Waals surface area contributed by atoms with E-state index in [1.807, 2.05) is 37.3 Å². The highest BCUT2D eigenvalue weighted by molar-refractivity contribution is 5.82. The van der Waals surface area contributed by atoms with Crippen molar-refractivity contribution in [1.82, 2.24) is 19.5 Å². The average Bonchev–Trinajstić information content (AvgIpc) is 3.52. The molecule has 9 nitrogen and oxygen atoms in total. The van der Waals surface area contributed by atoms with E-state index in [0.717, 1.165) is 72.6 Å². The summed E-state index contributed by atoms with van der Waals surface area (Å²) >= 11 is 0. The Morgan fingerprint density at radius 2 is 2.00 bits per heavy atom. The molecule has 5 rings (SSSR count). The van der Waals surface area contributed by atoms with E-state index in [9.17, 15) is 5.11 Å². The van der Waals surface area contributed by atoms with Crippen LogP contribution in [0.5, 0.6) is 5.75 Å². The van der Waals surface area contributed by atoms with Crippen molar-refractivity contribution in [2.24, 2.45) is 0 Å². The summed E-state index contributed by atoms with van der Waals surface area (Å²) in [6.45, 7) is 3.66. The number of benzene rings is 1. The second-order valence-corrected chi connectivity index (χ2v) is 8.93. The van der Waals surface area contributed by atoms with E-state index in [4.69, 9.17) is 9.72 Å². The summed E-state index contributed by atoms with van der Waals surface area (Å²) in [6, 6.07) is 10.4. The number of hydrogen-bond donors (Lipinski definition) is 4. The highest BCUT2D eigenvalue weighted by Crippen LogP contribution is 2.27. The van der Waals surface area contributed by atoms with Crippen molar-refractivity contribution in [2.45, 2.75) is 57.7 Å². The molecule has 0 saturated heterocycles. The SMILES string of the molecule is Cc1cc(OCCCn2cccc2)ccc1Nc1nc(NC2CCC(O)CC2)c2[nH]c[nH+]c2n1. The summed E-state index contributed by atoms with van der Waals surface area (Å²) < 4.78 is 8.09. The topological polar surface area (TPSA) is 114 Å². The quantitative estimate of drug-likeness (QED) is 0.281. The fraction of sp³-hybridized carbons (Fsp3) is 0.400. The predicted molar refractivity (Wildman–Crippen MR) is 131 cm³/mol. The van der Waals surface area contributed by atoms with Gasteiger partial charge in [0.15, 0.2) is 12.1 Å². The molecule has 0 atom stereocenters. The number of aliphatic hydroxyl groups excluding tert-OH is 1. The molecule has 1 saturated carbocycles. The van der Waals surface area contributed by atoms with E-state index in [1.165, 1.54) is 0 Å². The third kappa shape index (κ3) is 5.31. The van der Waals surface area contributed by atoms with Gasteiger partial charge in [0.25, 0.3) is 0 Å². The van der Waals surface area contributed by atoms with Crippen LogP contribution in [0.15, 0.2) is 49.1 Å². The molecule has 0 unspecified atom stereocenters. The molecule has 34 heavy (non-hydrogen) atoms. The molecule has 5 N–H and O–H groups in total. The van der Waals surface area contributed by atoms with Crippen LogP contribution in [0.2, 0.25) is 0 Å². The summed E-state index contributed by atoms with van der Waals surface area (Å²) in [6.07, 6.45) is 10.1. The normalized spacial score (nSPS) is 18.2. The van der Waals surface area contributed by atoms with Gasteiger partial charge in [0, 0.05) is 30.7 Å². The minimum absolute atomic E-state index is 0.186. The molecule has 0 amide bonds. The smallest absolute Gasteiger partial charge is 0.307 e. The van der Waals surface area contributed by atoms with E-state index in [2.05, 4.69) is 42.5 Å². The molecule has 0 spiro atoms. The second-order valence-electron chi connectivity index (χ2n) is 8.93. The molecule has 178 valence electrons. The number of hydrogen-bond acceptors (Lipinski definition) is 6. The van der Waals surface area contributed by atoms with Gasteiger partial charge >= 0.3 is 11.6 Å². The van der Waals surface area contributed by atoms with Gasteiger partial charge in [0.2, 0.25) is 5.52 Å². The monoisotopic (exact) mass is 462 g/mol. The molecule has 1 fully saturated rings. The standard InChI is InChI=1S/C25H31N7O2/c1-17-15-20(34-14-4-13-32-11-2-3-12-32)9-10-21(17)29-25-30-23-22(26-16-27-23)24(31-25)28-18-5-7-19(33)8-6-18/h2-3,9-12,15-16,18-19,33H,4-8,13-14H2,1H3,(H3,26,27,28,29,30,31)/p+1. The van der Waals surface area contributed by atoms with Crippen LogP contribution in [0.1, 0.15) is 37.7 Å². The second kappa shape index (κ2) is 10.1. The number of ether oxygens (including phenoxy) is 1. The number of rotatable bonds is 9. The third-order valence-corrected chi connectivity index (χ3v) is 6.31. The third-order valence-electron chi connectivity index (χ3n) is 6.31. The molecular weight excluding hydrogens is 430 g/mol. The highest BCUT2D eigenvalue weighted by atomic mass is 16.5. The van der Waals surface area contributed by atoms with Gasteiger partial charge in [-0.25, -0.2) is 4.98 Å². The van der Waals surface area contributed by atoms with Gasteiger partial charge in [-0.15, -0.1) is 0 Å². The van der Waals surface area contributed by atoms with Crippen LogP contribution in [0.3, 0.4) is 0 Å². The molecule has 9 heteroatoms. The van der Waals surface area contributed by atoms with Crippen LogP contribution in [0.4, 0.5) is 17.5 Å². The van der Waals surface area contributed by atoms with E-state index in [0.29, 0.717) is 12.6 Å². The van der Waals surface area contributed by atoms with Crippen molar-refractivity contribution in [3.8, 4) is 5.75 Å². The first kappa shape index (κ1) is 22.2. The van der Waals surface area contributed by atoms with Crippen molar-refractivity contribution in [3.63, 3.8) is 0 Å². The van der Waals surface area contributed by atoms with Crippen molar-refractivity contribution < 1.29 is 14.8 Å². The maximum Gasteiger partial charge on any atom is 0.307 e. The number of imidazole rings is 1. The summed E-state index contributed by atoms with van der Waals surface area (Å²) in [5.41, 5.74) is 3.56. The van der Waals surface area contributed by atoms with Crippen LogP contribution < -0.4 is 20.4 Å². The highest BCUT2D eigenvalue weighted by Gasteiger charge is 2.23. The zero-order valence-corrected chi connectivity index (χ0v) is 19.4. The van der Waals surface area contributed by atoms with Gasteiger partial charge < -0.3 is 25.0 Å². The van der Waals surface area contributed by atoms with Gasteiger partial charge in [0.05, 0.1) is 12.7 Å².